The second-order valence-electron chi connectivity index (χ2n) is 14.9. The van der Waals surface area contributed by atoms with Gasteiger partial charge in [-0.05, 0) is 117 Å². The molecule has 8 aromatic rings. The van der Waals surface area contributed by atoms with Crippen LogP contribution in [0.5, 0.6) is 0 Å². The zero-order valence-corrected chi connectivity index (χ0v) is 37.1. The fraction of sp³-hybridized carbons (Fsp3) is 0.178. The number of nitrogens with one attached hydrogen (secondary N) is 1. The van der Waals surface area contributed by atoms with E-state index in [4.69, 9.17) is 14.8 Å². The minimum atomic E-state index is -3.70. The van der Waals surface area contributed by atoms with Gasteiger partial charge in [0.1, 0.15) is 23.2 Å². The number of carbonyl (C=O) groups excluding carboxylic acids is 1. The number of amides is 1. The molecule has 3 N–H and O–H groups in total. The van der Waals surface area contributed by atoms with Crippen LogP contribution in [0.3, 0.4) is 0 Å². The summed E-state index contributed by atoms with van der Waals surface area (Å²) in [6, 6.07) is 18.5. The molecule has 13 nitrogen and oxygen atoms in total. The Hall–Kier alpha value is -6.72. The van der Waals surface area contributed by atoms with Gasteiger partial charge < -0.3 is 29.2 Å². The molecule has 0 atom stereocenters. The van der Waals surface area contributed by atoms with Gasteiger partial charge in [-0.2, -0.15) is 0 Å². The molecule has 62 heavy (non-hydrogen) atoms. The molecule has 0 radical (unpaired) electrons. The maximum atomic E-state index is 15.1. The van der Waals surface area contributed by atoms with Crippen molar-refractivity contribution in [2.45, 2.75) is 53.4 Å². The van der Waals surface area contributed by atoms with E-state index in [1.54, 1.807) is 60.2 Å². The molecule has 0 aliphatic heterocycles. The molecule has 4 heterocycles. The van der Waals surface area contributed by atoms with Crippen molar-refractivity contribution in [3.8, 4) is 33.6 Å². The minimum absolute atomic E-state index is 0.0447. The molecule has 318 valence electrons. The molecule has 0 aliphatic rings. The molecule has 17 heteroatoms. The minimum Gasteiger partial charge on any atom is -0.398 e. The number of aromatic nitrogens is 4. The van der Waals surface area contributed by atoms with Crippen molar-refractivity contribution in [2.75, 3.05) is 17.3 Å². The molecular formula is C45H39BrF2N6O7S. The summed E-state index contributed by atoms with van der Waals surface area (Å²) >= 11 is 3.28. The quantitative estimate of drug-likeness (QED) is 0.152. The summed E-state index contributed by atoms with van der Waals surface area (Å²) in [6.07, 6.45) is 0.966. The zero-order chi connectivity index (χ0) is 45.1. The highest BCUT2D eigenvalue weighted by molar-refractivity contribution is 9.10. The molecule has 8 rings (SSSR count). The predicted octanol–water partition coefficient (Wildman–Crippen LogP) is 9.13. The van der Waals surface area contributed by atoms with E-state index in [1.165, 1.54) is 31.2 Å². The van der Waals surface area contributed by atoms with E-state index in [9.17, 15) is 22.8 Å². The molecule has 4 aromatic carbocycles. The normalized spacial score (nSPS) is 11.5. The van der Waals surface area contributed by atoms with Crippen LogP contribution in [-0.4, -0.2) is 40.0 Å². The van der Waals surface area contributed by atoms with Crippen molar-refractivity contribution in [1.29, 1.82) is 0 Å². The smallest absolute Gasteiger partial charge is 0.221 e. The first-order chi connectivity index (χ1) is 29.2. The van der Waals surface area contributed by atoms with Crippen LogP contribution in [0.4, 0.5) is 20.2 Å². The number of pyridine rings is 2. The lowest BCUT2D eigenvalue weighted by molar-refractivity contribution is -0.114. The van der Waals surface area contributed by atoms with Crippen molar-refractivity contribution < 1.29 is 31.0 Å². The lowest BCUT2D eigenvalue weighted by atomic mass is 10.0. The maximum Gasteiger partial charge on any atom is 0.221 e. The van der Waals surface area contributed by atoms with Crippen molar-refractivity contribution in [3.63, 3.8) is 0 Å². The molecular weight excluding hydrogens is 886 g/mol. The maximum absolute atomic E-state index is 15.1. The Morgan fingerprint density at radius 2 is 1.16 bits per heavy atom. The van der Waals surface area contributed by atoms with E-state index < -0.39 is 21.5 Å². The summed E-state index contributed by atoms with van der Waals surface area (Å²) in [5, 5.41) is 11.5. The number of nitrogens with two attached hydrogens (primary N) is 1. The third-order valence-corrected chi connectivity index (χ3v) is 12.2. The van der Waals surface area contributed by atoms with Gasteiger partial charge in [0.2, 0.25) is 5.91 Å². The van der Waals surface area contributed by atoms with E-state index in [0.717, 1.165) is 40.3 Å². The fourth-order valence-electron chi connectivity index (χ4n) is 7.68. The van der Waals surface area contributed by atoms with Crippen LogP contribution < -0.4 is 21.9 Å². The summed E-state index contributed by atoms with van der Waals surface area (Å²) < 4.78 is 68.2. The highest BCUT2D eigenvalue weighted by atomic mass is 79.9. The summed E-state index contributed by atoms with van der Waals surface area (Å²) in [5.74, 6) is -0.282. The SMILES string of the molecule is CC(=O)Nc1cc(-n2c(C)cc(=O)c3ccc(-c4c(C)noc4C)cc32)c(F)cc1Br.Cc1noc(C)c1-c1ccc2c(=O)cc(C)n(-c3cc(N)c(S(C)(=O)=O)cc3F)c2c1. The van der Waals surface area contributed by atoms with Crippen LogP contribution in [0.2, 0.25) is 0 Å². The number of anilines is 2. The number of aryl methyl sites for hydroxylation is 6. The summed E-state index contributed by atoms with van der Waals surface area (Å²) in [6.45, 7) is 12.0. The first kappa shape index (κ1) is 43.4. The van der Waals surface area contributed by atoms with Gasteiger partial charge >= 0.3 is 0 Å². The van der Waals surface area contributed by atoms with Crippen LogP contribution in [-0.2, 0) is 14.6 Å². The largest absolute Gasteiger partial charge is 0.398 e. The second kappa shape index (κ2) is 16.3. The summed E-state index contributed by atoms with van der Waals surface area (Å²) in [7, 11) is -3.70. The Morgan fingerprint density at radius 3 is 1.58 bits per heavy atom. The van der Waals surface area contributed by atoms with Gasteiger partial charge in [-0.3, -0.25) is 14.4 Å². The van der Waals surface area contributed by atoms with E-state index in [0.29, 0.717) is 60.6 Å². The topological polar surface area (TPSA) is 185 Å². The van der Waals surface area contributed by atoms with Gasteiger partial charge in [-0.25, -0.2) is 17.2 Å². The average molecular weight is 926 g/mol. The van der Waals surface area contributed by atoms with Gasteiger partial charge in [0.05, 0.1) is 50.1 Å². The Kier molecular flexibility index (Phi) is 11.4. The summed E-state index contributed by atoms with van der Waals surface area (Å²) in [5.41, 5.74) is 12.8. The van der Waals surface area contributed by atoms with Crippen LogP contribution in [0.15, 0.2) is 101 Å². The lowest BCUT2D eigenvalue weighted by Crippen LogP contribution is -2.13. The Balaban J connectivity index is 0.000000186. The number of carbonyl (C=O) groups is 1. The van der Waals surface area contributed by atoms with Crippen molar-refractivity contribution in [2.24, 2.45) is 0 Å². The molecule has 0 saturated carbocycles. The standard InChI is InChI=1S/C23H19BrFN3O3.C22H20FN3O4S/c1-11-7-22(30)16-6-5-15(23-12(2)27-31-13(23)3)8-20(16)28(11)21-10-19(26-14(4)29)17(24)9-18(21)25;1-11-7-20(27)15-6-5-14(22-12(2)25-30-13(22)3)8-18(15)26(11)19-10-17(24)21(9-16(19)23)31(4,28)29/h5-10H,1-4H3,(H,26,29);5-10H,24H2,1-4H3. The Bertz CT molecular complexity index is 3370. The van der Waals surface area contributed by atoms with Gasteiger partial charge in [0, 0.05) is 63.1 Å². The molecule has 0 fully saturated rings. The fourth-order valence-corrected chi connectivity index (χ4v) is 8.90. The highest BCUT2D eigenvalue weighted by Gasteiger charge is 2.22. The number of halogens is 3. The number of hydrogen-bond acceptors (Lipinski definition) is 10. The number of hydrogen-bond donors (Lipinski definition) is 2. The van der Waals surface area contributed by atoms with Gasteiger partial charge in [0.25, 0.3) is 0 Å². The molecule has 4 aromatic heterocycles. The van der Waals surface area contributed by atoms with Crippen molar-refractivity contribution >= 4 is 64.9 Å². The molecule has 0 aliphatic carbocycles. The highest BCUT2D eigenvalue weighted by Crippen LogP contribution is 2.35. The number of sulfone groups is 1. The molecule has 1 amide bonds. The van der Waals surface area contributed by atoms with Gasteiger partial charge in [0.15, 0.2) is 20.7 Å². The second-order valence-corrected chi connectivity index (χ2v) is 17.7. The average Bonchev–Trinajstić information content (AvgIpc) is 3.71. The third kappa shape index (κ3) is 7.96. The number of nitrogen functional groups attached to an aromatic ring is 1. The van der Waals surface area contributed by atoms with Crippen LogP contribution in [0.1, 0.15) is 41.2 Å². The molecule has 0 bridgehead atoms. The monoisotopic (exact) mass is 924 g/mol. The van der Waals surface area contributed by atoms with E-state index in [-0.39, 0.29) is 38.7 Å². The van der Waals surface area contributed by atoms with Crippen molar-refractivity contribution in [3.05, 3.63) is 144 Å². The molecule has 0 saturated heterocycles. The van der Waals surface area contributed by atoms with Crippen molar-refractivity contribution in [1.82, 2.24) is 19.4 Å². The number of rotatable bonds is 6. The Morgan fingerprint density at radius 1 is 0.710 bits per heavy atom. The molecule has 0 spiro atoms. The van der Waals surface area contributed by atoms with Crippen LogP contribution in [0.25, 0.3) is 55.4 Å². The zero-order valence-electron chi connectivity index (χ0n) is 34.7. The van der Waals surface area contributed by atoms with Gasteiger partial charge in [-0.15, -0.1) is 0 Å². The van der Waals surface area contributed by atoms with E-state index >= 15 is 8.78 Å². The van der Waals surface area contributed by atoms with Crippen LogP contribution >= 0.6 is 15.9 Å². The number of fused-ring (bicyclic) bond motifs is 2. The third-order valence-electron chi connectivity index (χ3n) is 10.3. The summed E-state index contributed by atoms with van der Waals surface area (Å²) in [4.78, 5) is 36.6. The molecule has 0 unspecified atom stereocenters. The van der Waals surface area contributed by atoms with E-state index in [2.05, 4.69) is 31.6 Å². The Labute approximate surface area is 361 Å². The first-order valence-electron chi connectivity index (χ1n) is 18.9. The number of benzene rings is 4. The predicted molar refractivity (Wildman–Crippen MR) is 238 cm³/mol. The van der Waals surface area contributed by atoms with E-state index in [1.807, 2.05) is 32.9 Å². The van der Waals surface area contributed by atoms with Crippen LogP contribution in [0, 0.1) is 53.2 Å². The number of nitrogens with zero attached hydrogens (tertiary/aromatic N) is 4. The first-order valence-corrected chi connectivity index (χ1v) is 21.6. The van der Waals surface area contributed by atoms with Gasteiger partial charge in [-0.1, -0.05) is 22.4 Å². The lowest BCUT2D eigenvalue weighted by Gasteiger charge is -2.18.